The lowest BCUT2D eigenvalue weighted by Crippen LogP contribution is -2.54. The monoisotopic (exact) mass is 360 g/mol. The first-order valence-corrected chi connectivity index (χ1v) is 11.6. The number of hydrogen-bond donors (Lipinski definition) is 0. The molecule has 0 amide bonds. The van der Waals surface area contributed by atoms with Crippen LogP contribution in [0.4, 0.5) is 0 Å². The third kappa shape index (κ3) is 2.99. The first kappa shape index (κ1) is 19.0. The van der Waals surface area contributed by atoms with Gasteiger partial charge in [-0.15, -0.1) is 0 Å². The van der Waals surface area contributed by atoms with Crippen molar-refractivity contribution in [3.63, 3.8) is 0 Å². The summed E-state index contributed by atoms with van der Waals surface area (Å²) in [5, 5.41) is 0. The van der Waals surface area contributed by atoms with Crippen LogP contribution in [0.5, 0.6) is 0 Å². The van der Waals surface area contributed by atoms with E-state index in [0.29, 0.717) is 28.6 Å². The van der Waals surface area contributed by atoms with Gasteiger partial charge in [-0.2, -0.15) is 0 Å². The van der Waals surface area contributed by atoms with Gasteiger partial charge >= 0.3 is 0 Å². The standard InChI is InChI=1S/C24H40O2/c1-4-5-6-15-26-22-10-9-20-19-8-7-17-16-18(25)11-13-23(17,2)21(19)12-14-24(20,22)3/h17,19-22H,4-16H2,1-3H3/t17-,19-,20-,21-,22-,23-,24-/m0/s1. The van der Waals surface area contributed by atoms with Crippen LogP contribution in [0.3, 0.4) is 0 Å². The van der Waals surface area contributed by atoms with E-state index in [2.05, 4.69) is 20.8 Å². The fourth-order valence-corrected chi connectivity index (χ4v) is 7.85. The van der Waals surface area contributed by atoms with Gasteiger partial charge in [0, 0.05) is 19.4 Å². The SMILES string of the molecule is CCCCCO[C@H]1CC[C@H]2[C@@H]3CC[C@H]4CC(=O)CC[C@]4(C)[C@H]3CC[C@]12C. The molecule has 0 aromatic heterocycles. The fraction of sp³-hybridized carbons (Fsp3) is 0.958. The molecule has 0 aromatic rings. The highest BCUT2D eigenvalue weighted by atomic mass is 16.5. The van der Waals surface area contributed by atoms with Gasteiger partial charge in [-0.25, -0.2) is 0 Å². The molecule has 0 unspecified atom stereocenters. The summed E-state index contributed by atoms with van der Waals surface area (Å²) in [4.78, 5) is 12.0. The largest absolute Gasteiger partial charge is 0.378 e. The Bertz CT molecular complexity index is 528. The molecule has 0 aromatic carbocycles. The zero-order valence-electron chi connectivity index (χ0n) is 17.4. The van der Waals surface area contributed by atoms with Crippen molar-refractivity contribution >= 4 is 5.78 Å². The molecule has 4 saturated carbocycles. The number of fused-ring (bicyclic) bond motifs is 5. The van der Waals surface area contributed by atoms with Crippen molar-refractivity contribution in [1.82, 2.24) is 0 Å². The lowest BCUT2D eigenvalue weighted by atomic mass is 9.45. The summed E-state index contributed by atoms with van der Waals surface area (Å²) in [6.45, 7) is 8.35. The van der Waals surface area contributed by atoms with E-state index < -0.39 is 0 Å². The van der Waals surface area contributed by atoms with Gasteiger partial charge in [0.15, 0.2) is 0 Å². The Hall–Kier alpha value is -0.370. The van der Waals surface area contributed by atoms with E-state index in [4.69, 9.17) is 4.74 Å². The molecule has 148 valence electrons. The van der Waals surface area contributed by atoms with Gasteiger partial charge in [-0.05, 0) is 85.9 Å². The van der Waals surface area contributed by atoms with Gasteiger partial charge in [0.25, 0.3) is 0 Å². The maximum Gasteiger partial charge on any atom is 0.133 e. The summed E-state index contributed by atoms with van der Waals surface area (Å²) in [7, 11) is 0. The lowest BCUT2D eigenvalue weighted by molar-refractivity contribution is -0.145. The van der Waals surface area contributed by atoms with Crippen LogP contribution < -0.4 is 0 Å². The maximum atomic E-state index is 12.0. The van der Waals surface area contributed by atoms with Crippen molar-refractivity contribution in [3.05, 3.63) is 0 Å². The van der Waals surface area contributed by atoms with Gasteiger partial charge in [0.2, 0.25) is 0 Å². The molecule has 4 rings (SSSR count). The van der Waals surface area contributed by atoms with E-state index >= 15 is 0 Å². The highest BCUT2D eigenvalue weighted by Crippen LogP contribution is 2.66. The molecule has 0 aliphatic heterocycles. The van der Waals surface area contributed by atoms with Crippen LogP contribution in [0.15, 0.2) is 0 Å². The van der Waals surface area contributed by atoms with E-state index in [0.717, 1.165) is 43.6 Å². The van der Waals surface area contributed by atoms with Gasteiger partial charge in [0.05, 0.1) is 6.10 Å². The Morgan fingerprint density at radius 1 is 0.962 bits per heavy atom. The maximum absolute atomic E-state index is 12.0. The third-order valence-electron chi connectivity index (χ3n) is 9.46. The summed E-state index contributed by atoms with van der Waals surface area (Å²) < 4.78 is 6.46. The second-order valence-electron chi connectivity index (χ2n) is 10.6. The van der Waals surface area contributed by atoms with Crippen molar-refractivity contribution in [2.45, 2.75) is 104 Å². The second-order valence-corrected chi connectivity index (χ2v) is 10.6. The van der Waals surface area contributed by atoms with Crippen LogP contribution in [0.1, 0.15) is 97.8 Å². The second kappa shape index (κ2) is 7.22. The van der Waals surface area contributed by atoms with Gasteiger partial charge in [0.1, 0.15) is 5.78 Å². The first-order chi connectivity index (χ1) is 12.5. The minimum atomic E-state index is 0.418. The topological polar surface area (TPSA) is 26.3 Å². The molecule has 0 heterocycles. The average Bonchev–Trinajstić information content (AvgIpc) is 2.96. The summed E-state index contributed by atoms with van der Waals surface area (Å²) in [6, 6.07) is 0. The van der Waals surface area contributed by atoms with Crippen molar-refractivity contribution < 1.29 is 9.53 Å². The van der Waals surface area contributed by atoms with E-state index in [1.165, 1.54) is 57.8 Å². The number of ether oxygens (including phenoxy) is 1. The predicted octanol–water partition coefficient (Wildman–Crippen LogP) is 6.17. The molecule has 2 nitrogen and oxygen atoms in total. The molecule has 4 fully saturated rings. The Labute approximate surface area is 160 Å². The molecule has 0 radical (unpaired) electrons. The highest BCUT2D eigenvalue weighted by Gasteiger charge is 2.60. The van der Waals surface area contributed by atoms with E-state index in [1.54, 1.807) is 0 Å². The number of rotatable bonds is 5. The quantitative estimate of drug-likeness (QED) is 0.548. The predicted molar refractivity (Wildman–Crippen MR) is 106 cm³/mol. The smallest absolute Gasteiger partial charge is 0.133 e. The summed E-state index contributed by atoms with van der Waals surface area (Å²) in [5.41, 5.74) is 0.860. The molecule has 0 N–H and O–H groups in total. The minimum absolute atomic E-state index is 0.418. The fourth-order valence-electron chi connectivity index (χ4n) is 7.85. The number of unbranched alkanes of at least 4 members (excludes halogenated alkanes) is 2. The Morgan fingerprint density at radius 2 is 1.77 bits per heavy atom. The molecule has 0 saturated heterocycles. The number of Topliss-reactive ketones (excluding diaryl/α,β-unsaturated/α-hetero) is 1. The van der Waals surface area contributed by atoms with Crippen LogP contribution in [0, 0.1) is 34.5 Å². The molecule has 4 aliphatic rings. The van der Waals surface area contributed by atoms with Crippen molar-refractivity contribution in [1.29, 1.82) is 0 Å². The zero-order chi connectivity index (χ0) is 18.4. The summed E-state index contributed by atoms with van der Waals surface area (Å²) in [5.74, 6) is 3.84. The number of carbonyl (C=O) groups is 1. The third-order valence-corrected chi connectivity index (χ3v) is 9.46. The van der Waals surface area contributed by atoms with E-state index in [9.17, 15) is 4.79 Å². The zero-order valence-corrected chi connectivity index (χ0v) is 17.4. The molecular weight excluding hydrogens is 320 g/mol. The highest BCUT2D eigenvalue weighted by molar-refractivity contribution is 5.79. The molecule has 7 atom stereocenters. The first-order valence-electron chi connectivity index (χ1n) is 11.6. The number of carbonyl (C=O) groups excluding carboxylic acids is 1. The normalized spacial score (nSPS) is 48.0. The molecular formula is C24H40O2. The lowest BCUT2D eigenvalue weighted by Gasteiger charge is -2.60. The molecule has 0 bridgehead atoms. The molecule has 2 heteroatoms. The number of ketones is 1. The van der Waals surface area contributed by atoms with Crippen LogP contribution in [0.25, 0.3) is 0 Å². The van der Waals surface area contributed by atoms with Crippen LogP contribution in [-0.4, -0.2) is 18.5 Å². The van der Waals surface area contributed by atoms with Crippen molar-refractivity contribution in [3.8, 4) is 0 Å². The molecule has 0 spiro atoms. The van der Waals surface area contributed by atoms with Gasteiger partial charge in [-0.3, -0.25) is 4.79 Å². The van der Waals surface area contributed by atoms with Crippen molar-refractivity contribution in [2.24, 2.45) is 34.5 Å². The summed E-state index contributed by atoms with van der Waals surface area (Å²) in [6.07, 6.45) is 15.3. The summed E-state index contributed by atoms with van der Waals surface area (Å²) >= 11 is 0. The van der Waals surface area contributed by atoms with Crippen molar-refractivity contribution in [2.75, 3.05) is 6.61 Å². The average molecular weight is 361 g/mol. The molecule has 4 aliphatic carbocycles. The Kier molecular flexibility index (Phi) is 5.27. The van der Waals surface area contributed by atoms with E-state index in [-0.39, 0.29) is 0 Å². The van der Waals surface area contributed by atoms with Gasteiger partial charge < -0.3 is 4.74 Å². The van der Waals surface area contributed by atoms with Crippen LogP contribution >= 0.6 is 0 Å². The van der Waals surface area contributed by atoms with Crippen LogP contribution in [0.2, 0.25) is 0 Å². The van der Waals surface area contributed by atoms with Gasteiger partial charge in [-0.1, -0.05) is 33.6 Å². The van der Waals surface area contributed by atoms with Crippen LogP contribution in [-0.2, 0) is 9.53 Å². The molecule has 26 heavy (non-hydrogen) atoms. The van der Waals surface area contributed by atoms with E-state index in [1.807, 2.05) is 0 Å². The minimum Gasteiger partial charge on any atom is -0.378 e. The Morgan fingerprint density at radius 3 is 2.58 bits per heavy atom. The number of hydrogen-bond acceptors (Lipinski definition) is 2. The Balaban J connectivity index is 1.46.